The van der Waals surface area contributed by atoms with Gasteiger partial charge in [-0.15, -0.1) is 0 Å². The summed E-state index contributed by atoms with van der Waals surface area (Å²) in [5.41, 5.74) is 2.05. The van der Waals surface area contributed by atoms with Gasteiger partial charge < -0.3 is 20.5 Å². The molecular weight excluding hydrogens is 244 g/mol. The first kappa shape index (κ1) is 13.6. The van der Waals surface area contributed by atoms with Crippen molar-refractivity contribution in [1.29, 1.82) is 0 Å². The molecule has 0 aliphatic rings. The highest BCUT2D eigenvalue weighted by atomic mass is 16.3. The fraction of sp³-hybridized carbons (Fsp3) is 0.357. The van der Waals surface area contributed by atoms with E-state index in [1.165, 1.54) is 6.92 Å². The number of hydrogen-bond acceptors (Lipinski definition) is 3. The zero-order valence-corrected chi connectivity index (χ0v) is 10.8. The number of nitrogens with one attached hydrogen (secondary N) is 2. The van der Waals surface area contributed by atoms with Crippen molar-refractivity contribution in [2.45, 2.75) is 25.5 Å². The van der Waals surface area contributed by atoms with E-state index in [4.69, 9.17) is 5.11 Å². The number of rotatable bonds is 5. The number of aliphatic hydroxyl groups excluding tert-OH is 2. The second-order valence-corrected chi connectivity index (χ2v) is 4.63. The van der Waals surface area contributed by atoms with E-state index >= 15 is 0 Å². The smallest absolute Gasteiger partial charge is 0.248 e. The van der Waals surface area contributed by atoms with Gasteiger partial charge in [-0.05, 0) is 25.0 Å². The minimum absolute atomic E-state index is 0.169. The Kier molecular flexibility index (Phi) is 4.19. The van der Waals surface area contributed by atoms with E-state index < -0.39 is 18.1 Å². The summed E-state index contributed by atoms with van der Waals surface area (Å²) in [6.07, 6.45) is 1.32. The highest BCUT2D eigenvalue weighted by Crippen LogP contribution is 2.18. The van der Waals surface area contributed by atoms with Crippen molar-refractivity contribution >= 4 is 16.8 Å². The van der Waals surface area contributed by atoms with Gasteiger partial charge in [-0.3, -0.25) is 4.79 Å². The molecule has 0 spiro atoms. The average Bonchev–Trinajstić information content (AvgIpc) is 2.81. The van der Waals surface area contributed by atoms with Gasteiger partial charge >= 0.3 is 0 Å². The Bertz CT molecular complexity index is 563. The lowest BCUT2D eigenvalue weighted by molar-refractivity contribution is -0.129. The summed E-state index contributed by atoms with van der Waals surface area (Å²) in [7, 11) is 0. The molecule has 0 aliphatic heterocycles. The standard InChI is InChI=1S/C14H18N2O3/c1-9(18)14(19)16-11(8-17)6-10-7-15-13-5-3-2-4-12(10)13/h2-5,7,9,11,15,17-18H,6,8H2,1H3,(H,16,19). The monoisotopic (exact) mass is 262 g/mol. The molecule has 2 rings (SSSR count). The molecule has 2 aromatic rings. The predicted octanol–water partition coefficient (Wildman–Crippen LogP) is 0.568. The van der Waals surface area contributed by atoms with E-state index in [9.17, 15) is 9.90 Å². The van der Waals surface area contributed by atoms with Gasteiger partial charge in [0.15, 0.2) is 0 Å². The molecule has 0 fully saturated rings. The number of H-pyrrole nitrogens is 1. The number of fused-ring (bicyclic) bond motifs is 1. The molecule has 19 heavy (non-hydrogen) atoms. The summed E-state index contributed by atoms with van der Waals surface area (Å²) >= 11 is 0. The van der Waals surface area contributed by atoms with Gasteiger partial charge in [0, 0.05) is 17.1 Å². The summed E-state index contributed by atoms with van der Waals surface area (Å²) in [6.45, 7) is 1.23. The Morgan fingerprint density at radius 3 is 2.84 bits per heavy atom. The van der Waals surface area contributed by atoms with Crippen LogP contribution in [-0.2, 0) is 11.2 Å². The molecule has 5 heteroatoms. The minimum atomic E-state index is -1.07. The van der Waals surface area contributed by atoms with Crippen molar-refractivity contribution in [3.63, 3.8) is 0 Å². The minimum Gasteiger partial charge on any atom is -0.394 e. The van der Waals surface area contributed by atoms with Crippen molar-refractivity contribution in [2.24, 2.45) is 0 Å². The number of amides is 1. The van der Waals surface area contributed by atoms with E-state index in [0.29, 0.717) is 6.42 Å². The van der Waals surface area contributed by atoms with Crippen LogP contribution in [0.5, 0.6) is 0 Å². The fourth-order valence-electron chi connectivity index (χ4n) is 2.05. The lowest BCUT2D eigenvalue weighted by Gasteiger charge is -2.17. The maximum Gasteiger partial charge on any atom is 0.248 e. The number of aliphatic hydroxyl groups is 2. The van der Waals surface area contributed by atoms with Gasteiger partial charge in [-0.1, -0.05) is 18.2 Å². The van der Waals surface area contributed by atoms with E-state index in [2.05, 4.69) is 10.3 Å². The Morgan fingerprint density at radius 2 is 2.16 bits per heavy atom. The van der Waals surface area contributed by atoms with Crippen molar-refractivity contribution in [3.05, 3.63) is 36.0 Å². The molecule has 1 heterocycles. The summed E-state index contributed by atoms with van der Waals surface area (Å²) in [4.78, 5) is 14.6. The third-order valence-electron chi connectivity index (χ3n) is 3.09. The fourth-order valence-corrected chi connectivity index (χ4v) is 2.05. The summed E-state index contributed by atoms with van der Waals surface area (Å²) in [6, 6.07) is 7.46. The summed E-state index contributed by atoms with van der Waals surface area (Å²) in [5, 5.41) is 22.2. The molecule has 2 atom stereocenters. The SMILES string of the molecule is CC(O)C(=O)NC(CO)Cc1c[nH]c2ccccc12. The number of carbonyl (C=O) groups is 1. The number of benzene rings is 1. The molecular formula is C14H18N2O3. The average molecular weight is 262 g/mol. The molecule has 2 unspecified atom stereocenters. The van der Waals surface area contributed by atoms with E-state index in [-0.39, 0.29) is 6.61 Å². The van der Waals surface area contributed by atoms with Gasteiger partial charge in [-0.2, -0.15) is 0 Å². The maximum absolute atomic E-state index is 11.4. The second kappa shape index (κ2) is 5.86. The quantitative estimate of drug-likeness (QED) is 0.635. The molecule has 4 N–H and O–H groups in total. The molecule has 0 bridgehead atoms. The number of aromatic nitrogens is 1. The van der Waals surface area contributed by atoms with Crippen LogP contribution in [0.15, 0.2) is 30.5 Å². The predicted molar refractivity (Wildman–Crippen MR) is 72.7 cm³/mol. The Hall–Kier alpha value is -1.85. The van der Waals surface area contributed by atoms with Crippen LogP contribution in [0.25, 0.3) is 10.9 Å². The van der Waals surface area contributed by atoms with Crippen LogP contribution in [0.1, 0.15) is 12.5 Å². The molecule has 1 amide bonds. The zero-order chi connectivity index (χ0) is 13.8. The first-order valence-corrected chi connectivity index (χ1v) is 6.26. The van der Waals surface area contributed by atoms with Crippen LogP contribution in [0.2, 0.25) is 0 Å². The van der Waals surface area contributed by atoms with Gasteiger partial charge in [0.05, 0.1) is 12.6 Å². The van der Waals surface area contributed by atoms with Crippen LogP contribution >= 0.6 is 0 Å². The lowest BCUT2D eigenvalue weighted by Crippen LogP contribution is -2.43. The van der Waals surface area contributed by atoms with Gasteiger partial charge in [-0.25, -0.2) is 0 Å². The van der Waals surface area contributed by atoms with Crippen molar-refractivity contribution < 1.29 is 15.0 Å². The molecule has 1 aromatic carbocycles. The van der Waals surface area contributed by atoms with Crippen LogP contribution in [0, 0.1) is 0 Å². The molecule has 102 valence electrons. The largest absolute Gasteiger partial charge is 0.394 e. The number of aromatic amines is 1. The van der Waals surface area contributed by atoms with Gasteiger partial charge in [0.2, 0.25) is 5.91 Å². The molecule has 5 nitrogen and oxygen atoms in total. The normalized spacial score (nSPS) is 14.3. The molecule has 1 aromatic heterocycles. The highest BCUT2D eigenvalue weighted by Gasteiger charge is 2.16. The summed E-state index contributed by atoms with van der Waals surface area (Å²) < 4.78 is 0. The first-order valence-electron chi connectivity index (χ1n) is 6.26. The Morgan fingerprint density at radius 1 is 1.42 bits per heavy atom. The van der Waals surface area contributed by atoms with Crippen LogP contribution in [0.3, 0.4) is 0 Å². The Labute approximate surface area is 111 Å². The van der Waals surface area contributed by atoms with Crippen LogP contribution < -0.4 is 5.32 Å². The van der Waals surface area contributed by atoms with Crippen molar-refractivity contribution in [1.82, 2.24) is 10.3 Å². The first-order chi connectivity index (χ1) is 9.11. The zero-order valence-electron chi connectivity index (χ0n) is 10.8. The highest BCUT2D eigenvalue weighted by molar-refractivity contribution is 5.83. The van der Waals surface area contributed by atoms with Gasteiger partial charge in [0.25, 0.3) is 0 Å². The number of para-hydroxylation sites is 1. The van der Waals surface area contributed by atoms with Crippen LogP contribution in [0.4, 0.5) is 0 Å². The van der Waals surface area contributed by atoms with E-state index in [1.807, 2.05) is 30.5 Å². The van der Waals surface area contributed by atoms with Crippen molar-refractivity contribution in [2.75, 3.05) is 6.61 Å². The van der Waals surface area contributed by atoms with E-state index in [0.717, 1.165) is 16.5 Å². The Balaban J connectivity index is 2.12. The van der Waals surface area contributed by atoms with Crippen molar-refractivity contribution in [3.8, 4) is 0 Å². The molecule has 0 saturated heterocycles. The second-order valence-electron chi connectivity index (χ2n) is 4.63. The number of carbonyl (C=O) groups excluding carboxylic acids is 1. The van der Waals surface area contributed by atoms with E-state index in [1.54, 1.807) is 0 Å². The van der Waals surface area contributed by atoms with Gasteiger partial charge in [0.1, 0.15) is 6.10 Å². The molecule has 0 saturated carbocycles. The molecule has 0 radical (unpaired) electrons. The third-order valence-corrected chi connectivity index (χ3v) is 3.09. The lowest BCUT2D eigenvalue weighted by atomic mass is 10.1. The summed E-state index contributed by atoms with van der Waals surface area (Å²) in [5.74, 6) is -0.473. The maximum atomic E-state index is 11.4. The topological polar surface area (TPSA) is 85.3 Å². The number of hydrogen-bond donors (Lipinski definition) is 4. The third kappa shape index (κ3) is 3.13. The molecule has 0 aliphatic carbocycles. The van der Waals surface area contributed by atoms with Crippen LogP contribution in [-0.4, -0.2) is 39.9 Å².